The number of nitrogens with zero attached hydrogens (tertiary/aromatic N) is 1. The highest BCUT2D eigenvalue weighted by atomic mass is 15.3. The van der Waals surface area contributed by atoms with Gasteiger partial charge in [-0.2, -0.15) is 0 Å². The minimum absolute atomic E-state index is 0.331. The van der Waals surface area contributed by atoms with Gasteiger partial charge in [0, 0.05) is 24.7 Å². The van der Waals surface area contributed by atoms with Gasteiger partial charge in [-0.15, -0.1) is 0 Å². The summed E-state index contributed by atoms with van der Waals surface area (Å²) in [6.45, 7) is 8.35. The Morgan fingerprint density at radius 1 is 1.29 bits per heavy atom. The van der Waals surface area contributed by atoms with E-state index in [2.05, 4.69) is 54.4 Å². The molecule has 17 heavy (non-hydrogen) atoms. The van der Waals surface area contributed by atoms with Crippen LogP contribution in [0.15, 0.2) is 30.3 Å². The summed E-state index contributed by atoms with van der Waals surface area (Å²) < 4.78 is 0. The lowest BCUT2D eigenvalue weighted by Crippen LogP contribution is -2.54. The number of piperidine rings is 1. The zero-order chi connectivity index (χ0) is 11.9. The fraction of sp³-hybridized carbons (Fsp3) is 0.600. The van der Waals surface area contributed by atoms with E-state index in [0.717, 1.165) is 12.5 Å². The summed E-state index contributed by atoms with van der Waals surface area (Å²) in [7, 11) is 0. The molecule has 2 nitrogen and oxygen atoms in total. The fourth-order valence-corrected chi connectivity index (χ4v) is 3.60. The standard InChI is InChI=1S/C15H22N2/c1-15(2)14(13-8-9-17(15)11-13)16-10-12-6-4-3-5-7-12/h3-7,13-14,16H,8-11H2,1-2H3. The van der Waals surface area contributed by atoms with Crippen LogP contribution in [0, 0.1) is 5.92 Å². The Kier molecular flexibility index (Phi) is 2.72. The molecule has 0 spiro atoms. The third-order valence-corrected chi connectivity index (χ3v) is 4.64. The van der Waals surface area contributed by atoms with Crippen LogP contribution in [-0.2, 0) is 6.54 Å². The van der Waals surface area contributed by atoms with Crippen molar-refractivity contribution in [2.45, 2.75) is 38.4 Å². The van der Waals surface area contributed by atoms with E-state index in [9.17, 15) is 0 Å². The van der Waals surface area contributed by atoms with E-state index < -0.39 is 0 Å². The number of hydrogen-bond donors (Lipinski definition) is 1. The van der Waals surface area contributed by atoms with Crippen LogP contribution in [0.4, 0.5) is 0 Å². The minimum atomic E-state index is 0.331. The number of hydrogen-bond acceptors (Lipinski definition) is 2. The fourth-order valence-electron chi connectivity index (χ4n) is 3.60. The monoisotopic (exact) mass is 230 g/mol. The van der Waals surface area contributed by atoms with Crippen molar-refractivity contribution in [3.05, 3.63) is 35.9 Å². The quantitative estimate of drug-likeness (QED) is 0.857. The highest BCUT2D eigenvalue weighted by Crippen LogP contribution is 2.40. The average Bonchev–Trinajstić information content (AvgIpc) is 2.87. The van der Waals surface area contributed by atoms with Crippen LogP contribution in [0.3, 0.4) is 0 Å². The molecular formula is C15H22N2. The summed E-state index contributed by atoms with van der Waals surface area (Å²) in [6, 6.07) is 11.4. The van der Waals surface area contributed by atoms with E-state index in [1.54, 1.807) is 0 Å². The van der Waals surface area contributed by atoms with Crippen LogP contribution < -0.4 is 5.32 Å². The summed E-state index contributed by atoms with van der Waals surface area (Å²) in [5.41, 5.74) is 1.72. The Labute approximate surface area is 104 Å². The molecule has 0 aliphatic carbocycles. The Morgan fingerprint density at radius 3 is 2.71 bits per heavy atom. The molecule has 2 heteroatoms. The zero-order valence-corrected chi connectivity index (χ0v) is 10.8. The van der Waals surface area contributed by atoms with E-state index >= 15 is 0 Å². The summed E-state index contributed by atoms with van der Waals surface area (Å²) in [4.78, 5) is 2.64. The third-order valence-electron chi connectivity index (χ3n) is 4.64. The molecule has 2 saturated heterocycles. The molecule has 2 aliphatic rings. The van der Waals surface area contributed by atoms with Gasteiger partial charge in [0.2, 0.25) is 0 Å². The first-order valence-corrected chi connectivity index (χ1v) is 6.70. The average molecular weight is 230 g/mol. The van der Waals surface area contributed by atoms with E-state index in [1.165, 1.54) is 25.1 Å². The second-order valence-corrected chi connectivity index (χ2v) is 5.99. The predicted octanol–water partition coefficient (Wildman–Crippen LogP) is 2.26. The topological polar surface area (TPSA) is 15.3 Å². The van der Waals surface area contributed by atoms with E-state index in [0.29, 0.717) is 11.6 Å². The van der Waals surface area contributed by atoms with Crippen molar-refractivity contribution < 1.29 is 0 Å². The summed E-state index contributed by atoms with van der Waals surface area (Å²) in [5.74, 6) is 0.855. The second-order valence-electron chi connectivity index (χ2n) is 5.99. The molecule has 2 aliphatic heterocycles. The Bertz CT molecular complexity index is 385. The maximum absolute atomic E-state index is 3.78. The normalized spacial score (nSPS) is 34.1. The van der Waals surface area contributed by atoms with Gasteiger partial charge in [-0.25, -0.2) is 0 Å². The smallest absolute Gasteiger partial charge is 0.0309 e. The SMILES string of the molecule is CC1(C)C(NCc2ccccc2)C2CCN1C2. The Morgan fingerprint density at radius 2 is 2.06 bits per heavy atom. The van der Waals surface area contributed by atoms with Gasteiger partial charge < -0.3 is 5.32 Å². The van der Waals surface area contributed by atoms with Crippen LogP contribution in [0.5, 0.6) is 0 Å². The van der Waals surface area contributed by atoms with Crippen LogP contribution in [0.25, 0.3) is 0 Å². The number of rotatable bonds is 3. The summed E-state index contributed by atoms with van der Waals surface area (Å²) >= 11 is 0. The molecule has 0 radical (unpaired) electrons. The van der Waals surface area contributed by atoms with Gasteiger partial charge in [0.1, 0.15) is 0 Å². The van der Waals surface area contributed by atoms with Crippen LogP contribution in [-0.4, -0.2) is 29.6 Å². The Hall–Kier alpha value is -0.860. The molecule has 1 N–H and O–H groups in total. The molecule has 3 unspecified atom stereocenters. The maximum atomic E-state index is 3.78. The first-order chi connectivity index (χ1) is 8.18. The maximum Gasteiger partial charge on any atom is 0.0309 e. The molecule has 2 bridgehead atoms. The molecule has 2 fully saturated rings. The van der Waals surface area contributed by atoms with Crippen LogP contribution >= 0.6 is 0 Å². The lowest BCUT2D eigenvalue weighted by Gasteiger charge is -2.40. The van der Waals surface area contributed by atoms with Gasteiger partial charge in [-0.3, -0.25) is 4.90 Å². The minimum Gasteiger partial charge on any atom is -0.308 e. The van der Waals surface area contributed by atoms with E-state index in [1.807, 2.05) is 0 Å². The first kappa shape index (κ1) is 11.2. The van der Waals surface area contributed by atoms with Crippen molar-refractivity contribution >= 4 is 0 Å². The van der Waals surface area contributed by atoms with Gasteiger partial charge in [0.05, 0.1) is 0 Å². The van der Waals surface area contributed by atoms with Gasteiger partial charge >= 0.3 is 0 Å². The Balaban J connectivity index is 1.66. The van der Waals surface area contributed by atoms with Crippen molar-refractivity contribution in [1.82, 2.24) is 10.2 Å². The van der Waals surface area contributed by atoms with Crippen molar-refractivity contribution in [1.29, 1.82) is 0 Å². The molecule has 0 saturated carbocycles. The van der Waals surface area contributed by atoms with Crippen molar-refractivity contribution in [2.75, 3.05) is 13.1 Å². The highest BCUT2D eigenvalue weighted by Gasteiger charge is 2.50. The van der Waals surface area contributed by atoms with Gasteiger partial charge in [0.25, 0.3) is 0 Å². The molecule has 3 atom stereocenters. The van der Waals surface area contributed by atoms with E-state index in [-0.39, 0.29) is 0 Å². The van der Waals surface area contributed by atoms with Crippen molar-refractivity contribution in [3.63, 3.8) is 0 Å². The molecule has 0 amide bonds. The molecule has 0 aromatic heterocycles. The van der Waals surface area contributed by atoms with Gasteiger partial charge in [-0.05, 0) is 38.3 Å². The van der Waals surface area contributed by atoms with Gasteiger partial charge in [-0.1, -0.05) is 30.3 Å². The number of nitrogens with one attached hydrogen (secondary N) is 1. The molecule has 3 rings (SSSR count). The molecule has 1 aromatic rings. The van der Waals surface area contributed by atoms with Crippen LogP contribution in [0.1, 0.15) is 25.8 Å². The molecule has 2 heterocycles. The van der Waals surface area contributed by atoms with Crippen molar-refractivity contribution in [3.8, 4) is 0 Å². The molecule has 92 valence electrons. The van der Waals surface area contributed by atoms with E-state index in [4.69, 9.17) is 0 Å². The van der Waals surface area contributed by atoms with Crippen LogP contribution in [0.2, 0.25) is 0 Å². The first-order valence-electron chi connectivity index (χ1n) is 6.70. The second kappa shape index (κ2) is 4.11. The predicted molar refractivity (Wildman–Crippen MR) is 70.8 cm³/mol. The zero-order valence-electron chi connectivity index (χ0n) is 10.8. The summed E-state index contributed by atoms with van der Waals surface area (Å²) in [6.07, 6.45) is 1.37. The lowest BCUT2D eigenvalue weighted by molar-refractivity contribution is 0.132. The molecule has 1 aromatic carbocycles. The largest absolute Gasteiger partial charge is 0.308 e. The van der Waals surface area contributed by atoms with Gasteiger partial charge in [0.15, 0.2) is 0 Å². The van der Waals surface area contributed by atoms with Crippen molar-refractivity contribution in [2.24, 2.45) is 5.92 Å². The highest BCUT2D eigenvalue weighted by molar-refractivity contribution is 5.16. The lowest BCUT2D eigenvalue weighted by atomic mass is 9.85. The summed E-state index contributed by atoms with van der Waals surface area (Å²) in [5, 5.41) is 3.78. The molecular weight excluding hydrogens is 208 g/mol. The number of fused-ring (bicyclic) bond motifs is 2. The third kappa shape index (κ3) is 1.90. The number of benzene rings is 1.